The predicted molar refractivity (Wildman–Crippen MR) is 106 cm³/mol. The summed E-state index contributed by atoms with van der Waals surface area (Å²) < 4.78 is 18.7. The smallest absolute Gasteiger partial charge is 0.409 e. The first-order valence-corrected chi connectivity index (χ1v) is 9.64. The molecule has 1 aliphatic heterocycles. The molecule has 1 aromatic heterocycles. The van der Waals surface area contributed by atoms with E-state index < -0.39 is 0 Å². The quantitative estimate of drug-likeness (QED) is 0.759. The van der Waals surface area contributed by atoms with Crippen LogP contribution in [-0.2, 0) is 11.2 Å². The van der Waals surface area contributed by atoms with Crippen LogP contribution in [0, 0.1) is 5.82 Å². The molecule has 150 valence electrons. The Labute approximate surface area is 164 Å². The van der Waals surface area contributed by atoms with Crippen LogP contribution < -0.4 is 10.6 Å². The molecule has 0 radical (unpaired) electrons. The Morgan fingerprint density at radius 3 is 2.82 bits per heavy atom. The minimum Gasteiger partial charge on any atom is -0.450 e. The van der Waals surface area contributed by atoms with Crippen LogP contribution in [0.5, 0.6) is 0 Å². The van der Waals surface area contributed by atoms with Gasteiger partial charge in [-0.3, -0.25) is 0 Å². The Morgan fingerprint density at radius 1 is 1.29 bits per heavy atom. The van der Waals surface area contributed by atoms with Gasteiger partial charge in [0.15, 0.2) is 0 Å². The molecule has 0 unspecified atom stereocenters. The Balaban J connectivity index is 1.46. The number of nitrogens with zero attached hydrogens (tertiary/aromatic N) is 3. The second-order valence-corrected chi connectivity index (χ2v) is 6.64. The number of carbonyl (C=O) groups is 1. The molecule has 1 saturated heterocycles. The molecule has 1 aliphatic rings. The standard InChI is InChI=1S/C20H26FN5O2/c1-2-28-20(27)26-13-9-16(10-14-26)24-18-8-12-23-19(25-18)22-11-7-15-5-3-4-6-17(15)21/h3-6,8,12,16H,2,7,9-11,13-14H2,1H3,(H2,22,23,24,25). The summed E-state index contributed by atoms with van der Waals surface area (Å²) in [5, 5.41) is 6.54. The van der Waals surface area contributed by atoms with Gasteiger partial charge in [0.2, 0.25) is 5.95 Å². The molecule has 8 heteroatoms. The van der Waals surface area contributed by atoms with Gasteiger partial charge >= 0.3 is 6.09 Å². The van der Waals surface area contributed by atoms with Crippen molar-refractivity contribution in [2.24, 2.45) is 0 Å². The van der Waals surface area contributed by atoms with E-state index in [1.807, 2.05) is 19.1 Å². The normalized spacial score (nSPS) is 14.6. The first-order chi connectivity index (χ1) is 13.7. The lowest BCUT2D eigenvalue weighted by Gasteiger charge is -2.31. The fourth-order valence-corrected chi connectivity index (χ4v) is 3.16. The molecule has 1 fully saturated rings. The fourth-order valence-electron chi connectivity index (χ4n) is 3.16. The number of piperidine rings is 1. The van der Waals surface area contributed by atoms with Crippen molar-refractivity contribution in [2.45, 2.75) is 32.2 Å². The second kappa shape index (κ2) is 9.87. The van der Waals surface area contributed by atoms with E-state index >= 15 is 0 Å². The van der Waals surface area contributed by atoms with Crippen LogP contribution in [0.4, 0.5) is 21.0 Å². The number of anilines is 2. The molecule has 0 aliphatic carbocycles. The third-order valence-corrected chi connectivity index (χ3v) is 4.66. The van der Waals surface area contributed by atoms with E-state index in [0.717, 1.165) is 18.7 Å². The van der Waals surface area contributed by atoms with Crippen molar-refractivity contribution in [1.82, 2.24) is 14.9 Å². The fraction of sp³-hybridized carbons (Fsp3) is 0.450. The van der Waals surface area contributed by atoms with Gasteiger partial charge in [0.25, 0.3) is 0 Å². The molecular formula is C20H26FN5O2. The molecule has 0 atom stereocenters. The van der Waals surface area contributed by atoms with Crippen molar-refractivity contribution in [1.29, 1.82) is 0 Å². The second-order valence-electron chi connectivity index (χ2n) is 6.64. The number of amides is 1. The highest BCUT2D eigenvalue weighted by Crippen LogP contribution is 2.16. The average Bonchev–Trinajstić information content (AvgIpc) is 2.70. The van der Waals surface area contributed by atoms with Gasteiger partial charge in [-0.05, 0) is 43.9 Å². The summed E-state index contributed by atoms with van der Waals surface area (Å²) in [6.07, 6.45) is 3.66. The van der Waals surface area contributed by atoms with E-state index in [4.69, 9.17) is 4.74 Å². The topological polar surface area (TPSA) is 79.4 Å². The number of halogens is 1. The molecule has 1 amide bonds. The van der Waals surface area contributed by atoms with Gasteiger partial charge in [-0.15, -0.1) is 0 Å². The summed E-state index contributed by atoms with van der Waals surface area (Å²) in [5.41, 5.74) is 0.664. The molecule has 0 saturated carbocycles. The van der Waals surface area contributed by atoms with E-state index in [1.54, 1.807) is 23.2 Å². The zero-order valence-electron chi connectivity index (χ0n) is 16.0. The summed E-state index contributed by atoms with van der Waals surface area (Å²) in [4.78, 5) is 22.2. The molecule has 2 aromatic rings. The van der Waals surface area contributed by atoms with Crippen LogP contribution in [0.15, 0.2) is 36.5 Å². The number of ether oxygens (including phenoxy) is 1. The van der Waals surface area contributed by atoms with E-state index in [0.29, 0.717) is 44.2 Å². The van der Waals surface area contributed by atoms with Crippen LogP contribution in [-0.4, -0.2) is 53.2 Å². The largest absolute Gasteiger partial charge is 0.450 e. The maximum absolute atomic E-state index is 13.7. The average molecular weight is 387 g/mol. The van der Waals surface area contributed by atoms with Gasteiger partial charge in [0, 0.05) is 31.9 Å². The SMILES string of the molecule is CCOC(=O)N1CCC(Nc2ccnc(NCCc3ccccc3F)n2)CC1. The first kappa shape index (κ1) is 19.9. The summed E-state index contributed by atoms with van der Waals surface area (Å²) in [5.74, 6) is 1.04. The summed E-state index contributed by atoms with van der Waals surface area (Å²) in [6.45, 7) is 4.07. The minimum atomic E-state index is -0.246. The van der Waals surface area contributed by atoms with Crippen LogP contribution in [0.25, 0.3) is 0 Å². The van der Waals surface area contributed by atoms with Crippen LogP contribution >= 0.6 is 0 Å². The van der Waals surface area contributed by atoms with Crippen molar-refractivity contribution in [2.75, 3.05) is 36.9 Å². The lowest BCUT2D eigenvalue weighted by molar-refractivity contribution is 0.0983. The number of rotatable bonds is 7. The van der Waals surface area contributed by atoms with Crippen molar-refractivity contribution in [3.05, 3.63) is 47.9 Å². The third-order valence-electron chi connectivity index (χ3n) is 4.66. The molecule has 0 spiro atoms. The Morgan fingerprint density at radius 2 is 2.07 bits per heavy atom. The van der Waals surface area contributed by atoms with Crippen molar-refractivity contribution >= 4 is 17.9 Å². The van der Waals surface area contributed by atoms with Crippen molar-refractivity contribution < 1.29 is 13.9 Å². The van der Waals surface area contributed by atoms with Crippen LogP contribution in [0.2, 0.25) is 0 Å². The Kier molecular flexibility index (Phi) is 7.00. The minimum absolute atomic E-state index is 0.199. The summed E-state index contributed by atoms with van der Waals surface area (Å²) in [6, 6.07) is 8.81. The van der Waals surface area contributed by atoms with E-state index in [2.05, 4.69) is 20.6 Å². The lowest BCUT2D eigenvalue weighted by atomic mass is 10.1. The van der Waals surface area contributed by atoms with E-state index in [-0.39, 0.29) is 18.0 Å². The van der Waals surface area contributed by atoms with Gasteiger partial charge in [0.05, 0.1) is 6.61 Å². The summed E-state index contributed by atoms with van der Waals surface area (Å²) in [7, 11) is 0. The zero-order valence-corrected chi connectivity index (χ0v) is 16.0. The first-order valence-electron chi connectivity index (χ1n) is 9.64. The highest BCUT2D eigenvalue weighted by Gasteiger charge is 2.23. The highest BCUT2D eigenvalue weighted by atomic mass is 19.1. The monoisotopic (exact) mass is 387 g/mol. The van der Waals surface area contributed by atoms with E-state index in [9.17, 15) is 9.18 Å². The third kappa shape index (κ3) is 5.55. The summed E-state index contributed by atoms with van der Waals surface area (Å²) >= 11 is 0. The molecule has 2 N–H and O–H groups in total. The highest BCUT2D eigenvalue weighted by molar-refractivity contribution is 5.67. The maximum Gasteiger partial charge on any atom is 0.409 e. The molecular weight excluding hydrogens is 361 g/mol. The molecule has 1 aromatic carbocycles. The van der Waals surface area contributed by atoms with Crippen LogP contribution in [0.3, 0.4) is 0 Å². The zero-order chi connectivity index (χ0) is 19.8. The number of hydrogen-bond acceptors (Lipinski definition) is 6. The molecule has 0 bridgehead atoms. The number of nitrogens with one attached hydrogen (secondary N) is 2. The number of carbonyl (C=O) groups excluding carboxylic acids is 1. The molecule has 28 heavy (non-hydrogen) atoms. The van der Waals surface area contributed by atoms with Gasteiger partial charge in [0.1, 0.15) is 11.6 Å². The number of likely N-dealkylation sites (tertiary alicyclic amines) is 1. The predicted octanol–water partition coefficient (Wildman–Crippen LogP) is 3.30. The van der Waals surface area contributed by atoms with Crippen LogP contribution in [0.1, 0.15) is 25.3 Å². The number of aromatic nitrogens is 2. The van der Waals surface area contributed by atoms with Gasteiger partial charge in [-0.1, -0.05) is 18.2 Å². The number of hydrogen-bond donors (Lipinski definition) is 2. The van der Waals surface area contributed by atoms with E-state index in [1.165, 1.54) is 6.07 Å². The molecule has 2 heterocycles. The lowest BCUT2D eigenvalue weighted by Crippen LogP contribution is -2.42. The maximum atomic E-state index is 13.7. The molecule has 7 nitrogen and oxygen atoms in total. The Hall–Kier alpha value is -2.90. The Bertz CT molecular complexity index is 781. The van der Waals surface area contributed by atoms with Crippen molar-refractivity contribution in [3.63, 3.8) is 0 Å². The van der Waals surface area contributed by atoms with Gasteiger partial charge in [-0.2, -0.15) is 4.98 Å². The molecule has 3 rings (SSSR count). The number of benzene rings is 1. The van der Waals surface area contributed by atoms with Gasteiger partial charge < -0.3 is 20.3 Å². The van der Waals surface area contributed by atoms with Crippen molar-refractivity contribution in [3.8, 4) is 0 Å². The van der Waals surface area contributed by atoms with Gasteiger partial charge in [-0.25, -0.2) is 14.2 Å².